The third kappa shape index (κ3) is 4.59. The normalized spacial score (nSPS) is 28.5. The van der Waals surface area contributed by atoms with E-state index in [4.69, 9.17) is 9.79 Å². The van der Waals surface area contributed by atoms with Gasteiger partial charge in [-0.05, 0) is 55.0 Å². The van der Waals surface area contributed by atoms with Crippen LogP contribution in [0.1, 0.15) is 29.5 Å². The van der Waals surface area contributed by atoms with E-state index in [1.807, 2.05) is 6.07 Å². The molecule has 0 saturated carbocycles. The zero-order chi connectivity index (χ0) is 23.6. The summed E-state index contributed by atoms with van der Waals surface area (Å²) >= 11 is 0. The maximum Gasteiger partial charge on any atom is 0.469 e. The Morgan fingerprint density at radius 3 is 2.18 bits per heavy atom. The van der Waals surface area contributed by atoms with Gasteiger partial charge in [-0.25, -0.2) is 9.36 Å². The maximum atomic E-state index is 12.5. The van der Waals surface area contributed by atoms with Crippen LogP contribution in [0.3, 0.4) is 0 Å². The molecular formula is C24H31N2O6P. The van der Waals surface area contributed by atoms with Crippen molar-refractivity contribution in [1.29, 1.82) is 0 Å². The number of benzene rings is 2. The number of carboxylic acid groups (broad SMARTS) is 1. The predicted octanol–water partition coefficient (Wildman–Crippen LogP) is 3.53. The summed E-state index contributed by atoms with van der Waals surface area (Å²) in [7, 11) is -3.20. The lowest BCUT2D eigenvalue weighted by atomic mass is 9.60. The molecule has 0 spiro atoms. The summed E-state index contributed by atoms with van der Waals surface area (Å²) < 4.78 is 13.1. The van der Waals surface area contributed by atoms with Gasteiger partial charge in [0.05, 0.1) is 0 Å². The predicted molar refractivity (Wildman–Crippen MR) is 124 cm³/mol. The number of nitrogens with zero attached hydrogens (tertiary/aromatic N) is 2. The van der Waals surface area contributed by atoms with E-state index < -0.39 is 19.5 Å². The second kappa shape index (κ2) is 9.57. The molecule has 178 valence electrons. The fourth-order valence-electron chi connectivity index (χ4n) is 5.97. The van der Waals surface area contributed by atoms with Crippen LogP contribution in [-0.2, 0) is 21.0 Å². The lowest BCUT2D eigenvalue weighted by molar-refractivity contribution is -0.0422. The molecule has 4 aliphatic heterocycles. The molecule has 6 rings (SSSR count). The van der Waals surface area contributed by atoms with Crippen molar-refractivity contribution in [3.8, 4) is 0 Å². The summed E-state index contributed by atoms with van der Waals surface area (Å²) in [4.78, 5) is 32.2. The average Bonchev–Trinajstić information content (AvgIpc) is 2.84. The van der Waals surface area contributed by atoms with Crippen LogP contribution in [0.4, 0.5) is 4.79 Å². The molecule has 4 aliphatic rings. The number of phosphoric ester groups is 1. The highest BCUT2D eigenvalue weighted by Gasteiger charge is 2.56. The van der Waals surface area contributed by atoms with E-state index in [2.05, 4.69) is 58.0 Å². The molecule has 2 aromatic carbocycles. The molecule has 2 atom stereocenters. The minimum Gasteiger partial charge on any atom is -0.465 e. The molecule has 2 bridgehead atoms. The Morgan fingerprint density at radius 2 is 1.64 bits per heavy atom. The van der Waals surface area contributed by atoms with Crippen molar-refractivity contribution >= 4 is 13.9 Å². The van der Waals surface area contributed by atoms with E-state index in [1.165, 1.54) is 24.0 Å². The van der Waals surface area contributed by atoms with Gasteiger partial charge in [-0.15, -0.1) is 0 Å². The van der Waals surface area contributed by atoms with Gasteiger partial charge >= 0.3 is 13.9 Å². The number of piperidine rings is 3. The molecule has 3 fully saturated rings. The molecule has 0 unspecified atom stereocenters. The van der Waals surface area contributed by atoms with Gasteiger partial charge in [0.15, 0.2) is 0 Å². The fraction of sp³-hybridized carbons (Fsp3) is 0.458. The van der Waals surface area contributed by atoms with Gasteiger partial charge in [-0.1, -0.05) is 54.6 Å². The number of carbonyl (C=O) groups is 1. The molecule has 4 heterocycles. The highest BCUT2D eigenvalue weighted by molar-refractivity contribution is 7.46. The first kappa shape index (κ1) is 23.9. The second-order valence-corrected chi connectivity index (χ2v) is 10.2. The number of rotatable bonds is 3. The third-order valence-electron chi connectivity index (χ3n) is 7.33. The molecule has 9 heteroatoms. The van der Waals surface area contributed by atoms with Crippen molar-refractivity contribution in [2.75, 3.05) is 33.3 Å². The highest BCUT2D eigenvalue weighted by Crippen LogP contribution is 2.53. The van der Waals surface area contributed by atoms with E-state index in [0.717, 1.165) is 38.7 Å². The molecule has 33 heavy (non-hydrogen) atoms. The van der Waals surface area contributed by atoms with Gasteiger partial charge in [-0.2, -0.15) is 0 Å². The van der Waals surface area contributed by atoms with Crippen molar-refractivity contribution < 1.29 is 28.8 Å². The highest BCUT2D eigenvalue weighted by atomic mass is 31.2. The molecule has 2 aromatic rings. The summed E-state index contributed by atoms with van der Waals surface area (Å²) in [5.74, 6) is 0.864. The lowest BCUT2D eigenvalue weighted by Gasteiger charge is -2.58. The van der Waals surface area contributed by atoms with E-state index in [9.17, 15) is 14.5 Å². The van der Waals surface area contributed by atoms with Crippen LogP contribution in [0.2, 0.25) is 0 Å². The summed E-state index contributed by atoms with van der Waals surface area (Å²) in [5, 5.41) is 10.3. The lowest BCUT2D eigenvalue weighted by Crippen LogP contribution is -2.64. The SMILES string of the molecule is COP(=O)(O)O.O=C(O)N1CCc2ccccc2[C@]1(c1ccccc1)[C@H]1CN2CCC1CC2. The van der Waals surface area contributed by atoms with E-state index >= 15 is 0 Å². The summed E-state index contributed by atoms with van der Waals surface area (Å²) in [6.07, 6.45) is 2.34. The van der Waals surface area contributed by atoms with Crippen molar-refractivity contribution in [3.05, 3.63) is 71.3 Å². The molecule has 1 amide bonds. The average molecular weight is 474 g/mol. The first-order valence-electron chi connectivity index (χ1n) is 11.3. The van der Waals surface area contributed by atoms with Gasteiger partial charge in [0.1, 0.15) is 5.54 Å². The molecule has 8 nitrogen and oxygen atoms in total. The van der Waals surface area contributed by atoms with E-state index in [1.54, 1.807) is 4.90 Å². The zero-order valence-corrected chi connectivity index (χ0v) is 19.6. The molecule has 0 aromatic heterocycles. The van der Waals surface area contributed by atoms with Crippen LogP contribution < -0.4 is 0 Å². The van der Waals surface area contributed by atoms with E-state index in [0.29, 0.717) is 18.4 Å². The van der Waals surface area contributed by atoms with Gasteiger partial charge < -0.3 is 19.8 Å². The van der Waals surface area contributed by atoms with Crippen molar-refractivity contribution in [1.82, 2.24) is 9.80 Å². The first-order chi connectivity index (χ1) is 15.8. The Kier molecular flexibility index (Phi) is 6.93. The molecule has 0 radical (unpaired) electrons. The number of hydrogen-bond acceptors (Lipinski definition) is 4. The Morgan fingerprint density at radius 1 is 1.03 bits per heavy atom. The smallest absolute Gasteiger partial charge is 0.465 e. The second-order valence-electron chi connectivity index (χ2n) is 8.89. The maximum absolute atomic E-state index is 12.5. The summed E-state index contributed by atoms with van der Waals surface area (Å²) in [5.41, 5.74) is 3.03. The first-order valence-corrected chi connectivity index (χ1v) is 12.8. The molecular weight excluding hydrogens is 443 g/mol. The number of phosphoric acid groups is 1. The van der Waals surface area contributed by atoms with Gasteiger partial charge in [-0.3, -0.25) is 9.42 Å². The third-order valence-corrected chi connectivity index (χ3v) is 7.81. The van der Waals surface area contributed by atoms with Crippen LogP contribution in [0, 0.1) is 11.8 Å². The minimum atomic E-state index is -4.15. The Bertz CT molecular complexity index is 1020. The van der Waals surface area contributed by atoms with Crippen LogP contribution in [0.25, 0.3) is 0 Å². The Hall–Kier alpha value is -2.22. The number of fused-ring (bicyclic) bond motifs is 4. The van der Waals surface area contributed by atoms with Crippen LogP contribution in [-0.4, -0.2) is 64.1 Å². The van der Waals surface area contributed by atoms with Crippen LogP contribution >= 0.6 is 7.82 Å². The summed E-state index contributed by atoms with van der Waals surface area (Å²) in [6.45, 7) is 3.85. The molecule has 3 N–H and O–H groups in total. The largest absolute Gasteiger partial charge is 0.469 e. The molecule has 3 saturated heterocycles. The van der Waals surface area contributed by atoms with Crippen molar-refractivity contribution in [2.24, 2.45) is 11.8 Å². The van der Waals surface area contributed by atoms with E-state index in [-0.39, 0.29) is 0 Å². The molecule has 0 aliphatic carbocycles. The van der Waals surface area contributed by atoms with Crippen LogP contribution in [0.15, 0.2) is 54.6 Å². The number of amides is 1. The van der Waals surface area contributed by atoms with Gasteiger partial charge in [0.25, 0.3) is 0 Å². The van der Waals surface area contributed by atoms with Crippen LogP contribution in [0.5, 0.6) is 0 Å². The monoisotopic (exact) mass is 474 g/mol. The Balaban J connectivity index is 0.000000385. The minimum absolute atomic E-state index is 0.292. The van der Waals surface area contributed by atoms with Crippen molar-refractivity contribution in [3.63, 3.8) is 0 Å². The fourth-order valence-corrected chi connectivity index (χ4v) is 5.97. The summed E-state index contributed by atoms with van der Waals surface area (Å²) in [6, 6.07) is 18.9. The van der Waals surface area contributed by atoms with Gasteiger partial charge in [0, 0.05) is 26.1 Å². The quantitative estimate of drug-likeness (QED) is 0.584. The zero-order valence-electron chi connectivity index (χ0n) is 18.7. The van der Waals surface area contributed by atoms with Gasteiger partial charge in [0.2, 0.25) is 0 Å². The standard InChI is InChI=1S/C23H26N2O2.CH5O4P/c26-22(27)25-15-12-17-6-4-5-9-20(17)23(25,19-7-2-1-3-8-19)21-16-24-13-10-18(21)11-14-24;1-5-6(2,3)4/h1-9,18,21H,10-16H2,(H,26,27);1H3,(H2,2,3,4)/t21-,23+;/m0./s1. The Labute approximate surface area is 194 Å². The number of hydrogen-bond donors (Lipinski definition) is 3. The van der Waals surface area contributed by atoms with Crippen molar-refractivity contribution in [2.45, 2.75) is 24.8 Å². The topological polar surface area (TPSA) is 111 Å².